The lowest BCUT2D eigenvalue weighted by molar-refractivity contribution is -0.139. The van der Waals surface area contributed by atoms with Crippen molar-refractivity contribution in [2.45, 2.75) is 39.7 Å². The number of fused-ring (bicyclic) bond motifs is 1. The molecule has 39 heavy (non-hydrogen) atoms. The second-order valence-corrected chi connectivity index (χ2v) is 9.82. The smallest absolute Gasteiger partial charge is 0.326 e. The van der Waals surface area contributed by atoms with Crippen molar-refractivity contribution in [3.05, 3.63) is 87.3 Å². The monoisotopic (exact) mass is 531 g/mol. The third kappa shape index (κ3) is 5.43. The van der Waals surface area contributed by atoms with Gasteiger partial charge >= 0.3 is 5.97 Å². The summed E-state index contributed by atoms with van der Waals surface area (Å²) >= 11 is 0. The highest BCUT2D eigenvalue weighted by Gasteiger charge is 2.26. The minimum Gasteiger partial charge on any atom is -0.504 e. The molecule has 1 amide bonds. The van der Waals surface area contributed by atoms with Gasteiger partial charge in [-0.2, -0.15) is 0 Å². The lowest BCUT2D eigenvalue weighted by Gasteiger charge is -2.16. The van der Waals surface area contributed by atoms with E-state index in [0.29, 0.717) is 12.0 Å². The van der Waals surface area contributed by atoms with E-state index in [1.165, 1.54) is 24.3 Å². The summed E-state index contributed by atoms with van der Waals surface area (Å²) in [7, 11) is 0. The van der Waals surface area contributed by atoms with Gasteiger partial charge in [-0.25, -0.2) is 4.79 Å². The van der Waals surface area contributed by atoms with Gasteiger partial charge in [-0.1, -0.05) is 56.3 Å². The molecule has 1 unspecified atom stereocenters. The fourth-order valence-corrected chi connectivity index (χ4v) is 4.56. The molecule has 1 atom stereocenters. The molecule has 0 aliphatic heterocycles. The zero-order valence-corrected chi connectivity index (χ0v) is 21.7. The lowest BCUT2D eigenvalue weighted by atomic mass is 9.95. The number of aliphatic carboxylic acids is 1. The van der Waals surface area contributed by atoms with Gasteiger partial charge < -0.3 is 30.2 Å². The number of hydrogen-bond donors (Lipinski definition) is 5. The Hall–Kier alpha value is -4.79. The van der Waals surface area contributed by atoms with Crippen LogP contribution in [-0.2, 0) is 17.6 Å². The largest absolute Gasteiger partial charge is 0.504 e. The molecular weight excluding hydrogens is 502 g/mol. The number of rotatable bonds is 8. The third-order valence-corrected chi connectivity index (χ3v) is 6.47. The maximum Gasteiger partial charge on any atom is 0.326 e. The van der Waals surface area contributed by atoms with Crippen LogP contribution in [-0.4, -0.2) is 38.3 Å². The molecule has 4 rings (SSSR count). The number of carboxylic acid groups (broad SMARTS) is 1. The molecule has 0 fully saturated rings. The number of phenols is 3. The molecule has 0 aliphatic carbocycles. The van der Waals surface area contributed by atoms with E-state index in [1.807, 2.05) is 19.9 Å². The van der Waals surface area contributed by atoms with E-state index in [-0.39, 0.29) is 45.8 Å². The first kappa shape index (κ1) is 27.3. The normalized spacial score (nSPS) is 12.0. The van der Waals surface area contributed by atoms with E-state index < -0.39 is 40.6 Å². The molecule has 3 aromatic carbocycles. The Morgan fingerprint density at radius 3 is 2.13 bits per heavy atom. The fourth-order valence-electron chi connectivity index (χ4n) is 4.56. The van der Waals surface area contributed by atoms with Gasteiger partial charge in [0.2, 0.25) is 11.2 Å². The third-order valence-electron chi connectivity index (χ3n) is 6.47. The van der Waals surface area contributed by atoms with Crippen LogP contribution in [0.4, 0.5) is 0 Å². The highest BCUT2D eigenvalue weighted by atomic mass is 16.4. The highest BCUT2D eigenvalue weighted by molar-refractivity contribution is 5.98. The minimum absolute atomic E-state index is 0.00289. The van der Waals surface area contributed by atoms with Crippen LogP contribution in [0.15, 0.2) is 63.8 Å². The van der Waals surface area contributed by atoms with Crippen molar-refractivity contribution in [2.24, 2.45) is 5.92 Å². The van der Waals surface area contributed by atoms with Crippen LogP contribution < -0.4 is 10.7 Å². The second-order valence-electron chi connectivity index (χ2n) is 9.82. The number of amides is 1. The number of carboxylic acids is 1. The molecule has 0 spiro atoms. The van der Waals surface area contributed by atoms with Gasteiger partial charge in [-0.05, 0) is 42.5 Å². The van der Waals surface area contributed by atoms with Crippen LogP contribution in [0.2, 0.25) is 0 Å². The molecule has 1 aromatic heterocycles. The summed E-state index contributed by atoms with van der Waals surface area (Å²) in [5, 5.41) is 43.1. The average molecular weight is 532 g/mol. The Balaban J connectivity index is 1.68. The van der Waals surface area contributed by atoms with Crippen molar-refractivity contribution in [1.82, 2.24) is 5.32 Å². The van der Waals surface area contributed by atoms with Gasteiger partial charge in [-0.15, -0.1) is 0 Å². The molecular formula is C30H29NO8. The quantitative estimate of drug-likeness (QED) is 0.208. The zero-order valence-electron chi connectivity index (χ0n) is 21.7. The summed E-state index contributed by atoms with van der Waals surface area (Å²) in [6.45, 7) is 5.36. The number of phenolic OH excluding ortho intramolecular Hbond substituents is 3. The van der Waals surface area contributed by atoms with Crippen LogP contribution >= 0.6 is 0 Å². The molecule has 9 heteroatoms. The predicted octanol–water partition coefficient (Wildman–Crippen LogP) is 4.51. The first-order chi connectivity index (χ1) is 18.5. The molecule has 0 aliphatic rings. The topological polar surface area (TPSA) is 157 Å². The van der Waals surface area contributed by atoms with Gasteiger partial charge in [-0.3, -0.25) is 9.59 Å². The number of hydrogen-bond acceptors (Lipinski definition) is 7. The minimum atomic E-state index is -1.17. The van der Waals surface area contributed by atoms with Crippen molar-refractivity contribution in [2.75, 3.05) is 0 Å². The summed E-state index contributed by atoms with van der Waals surface area (Å²) < 4.78 is 5.91. The molecule has 0 radical (unpaired) electrons. The number of benzene rings is 3. The van der Waals surface area contributed by atoms with Crippen molar-refractivity contribution < 1.29 is 34.4 Å². The lowest BCUT2D eigenvalue weighted by Crippen LogP contribution is -2.42. The van der Waals surface area contributed by atoms with Gasteiger partial charge in [0.15, 0.2) is 11.5 Å². The number of carbonyl (C=O) groups is 2. The van der Waals surface area contributed by atoms with E-state index >= 15 is 0 Å². The number of aromatic hydroxyl groups is 3. The van der Waals surface area contributed by atoms with Crippen molar-refractivity contribution in [3.8, 4) is 28.4 Å². The van der Waals surface area contributed by atoms with Gasteiger partial charge in [0.25, 0.3) is 5.91 Å². The summed E-state index contributed by atoms with van der Waals surface area (Å²) in [6, 6.07) is 13.7. The second kappa shape index (κ2) is 10.9. The predicted molar refractivity (Wildman–Crippen MR) is 145 cm³/mol. The van der Waals surface area contributed by atoms with E-state index in [9.17, 15) is 34.8 Å². The summed E-state index contributed by atoms with van der Waals surface area (Å²) in [5.41, 5.74) is 1.05. The molecule has 5 N–H and O–H groups in total. The van der Waals surface area contributed by atoms with Gasteiger partial charge in [0.05, 0.1) is 5.56 Å². The maximum atomic E-state index is 13.5. The molecule has 1 heterocycles. The Morgan fingerprint density at radius 1 is 0.897 bits per heavy atom. The van der Waals surface area contributed by atoms with Crippen LogP contribution in [0, 0.1) is 12.8 Å². The van der Waals surface area contributed by atoms with Crippen molar-refractivity contribution in [3.63, 3.8) is 0 Å². The Morgan fingerprint density at radius 2 is 1.54 bits per heavy atom. The molecule has 0 saturated carbocycles. The molecule has 202 valence electrons. The first-order valence-electron chi connectivity index (χ1n) is 12.4. The number of aryl methyl sites for hydroxylation is 1. The van der Waals surface area contributed by atoms with Crippen LogP contribution in [0.5, 0.6) is 17.2 Å². The summed E-state index contributed by atoms with van der Waals surface area (Å²) in [4.78, 5) is 38.1. The fraction of sp³-hybridized carbons (Fsp3) is 0.233. The highest BCUT2D eigenvalue weighted by Crippen LogP contribution is 2.45. The van der Waals surface area contributed by atoms with E-state index in [4.69, 9.17) is 4.42 Å². The van der Waals surface area contributed by atoms with Crippen LogP contribution in [0.1, 0.15) is 41.1 Å². The van der Waals surface area contributed by atoms with E-state index in [0.717, 1.165) is 5.56 Å². The Bertz CT molecular complexity index is 1610. The van der Waals surface area contributed by atoms with Crippen molar-refractivity contribution >= 4 is 22.8 Å². The molecule has 9 nitrogen and oxygen atoms in total. The zero-order chi connectivity index (χ0) is 28.4. The molecule has 0 saturated heterocycles. The summed E-state index contributed by atoms with van der Waals surface area (Å²) in [5.74, 6) is -3.60. The SMILES string of the molecule is Cc1oc2c(CC(C)C)c(O)c(O)c(O)c2c(=O)c1-c1ccc(C(=O)NC(Cc2ccccc2)C(=O)O)cc1. The van der Waals surface area contributed by atoms with Gasteiger partial charge in [0, 0.05) is 17.5 Å². The maximum absolute atomic E-state index is 13.5. The van der Waals surface area contributed by atoms with E-state index in [1.54, 1.807) is 31.2 Å². The van der Waals surface area contributed by atoms with Crippen molar-refractivity contribution in [1.29, 1.82) is 0 Å². The molecule has 0 bridgehead atoms. The Kier molecular flexibility index (Phi) is 7.62. The van der Waals surface area contributed by atoms with Crippen LogP contribution in [0.25, 0.3) is 22.1 Å². The number of carbonyl (C=O) groups excluding carboxylic acids is 1. The Labute approximate surface area is 224 Å². The van der Waals surface area contributed by atoms with Gasteiger partial charge in [0.1, 0.15) is 22.8 Å². The average Bonchev–Trinajstić information content (AvgIpc) is 2.90. The summed E-state index contributed by atoms with van der Waals surface area (Å²) in [6.07, 6.45) is 0.408. The number of nitrogens with one attached hydrogen (secondary N) is 1. The first-order valence-corrected chi connectivity index (χ1v) is 12.4. The molecule has 4 aromatic rings. The standard InChI is InChI=1S/C30H29NO8/c1-15(2)13-20-24(32)27(35)26(34)23-25(33)22(16(3)39-28(20)23)18-9-11-19(12-10-18)29(36)31-21(30(37)38)14-17-7-5-4-6-8-17/h4-12,15,21,32,34-35H,13-14H2,1-3H3,(H,31,36)(H,37,38). The van der Waals surface area contributed by atoms with Crippen LogP contribution in [0.3, 0.4) is 0 Å². The van der Waals surface area contributed by atoms with E-state index in [2.05, 4.69) is 5.32 Å².